The van der Waals surface area contributed by atoms with Crippen LogP contribution in [0.1, 0.15) is 23.8 Å². The largest absolute Gasteiger partial charge is 0.319 e. The van der Waals surface area contributed by atoms with Crippen LogP contribution in [0.2, 0.25) is 0 Å². The summed E-state index contributed by atoms with van der Waals surface area (Å²) in [7, 11) is 2.04. The van der Waals surface area contributed by atoms with Crippen molar-refractivity contribution in [3.63, 3.8) is 0 Å². The molecule has 0 aliphatic rings. The highest BCUT2D eigenvalue weighted by atomic mass is 79.9. The Morgan fingerprint density at radius 3 is 2.42 bits per heavy atom. The molecule has 0 saturated carbocycles. The summed E-state index contributed by atoms with van der Waals surface area (Å²) in [6, 6.07) is 15.3. The van der Waals surface area contributed by atoms with Gasteiger partial charge in [-0.15, -0.1) is 11.3 Å². The van der Waals surface area contributed by atoms with Crippen LogP contribution >= 0.6 is 27.3 Å². The van der Waals surface area contributed by atoms with Crippen molar-refractivity contribution in [1.29, 1.82) is 0 Å². The van der Waals surface area contributed by atoms with Crippen molar-refractivity contribution < 1.29 is 0 Å². The zero-order valence-corrected chi connectivity index (χ0v) is 13.9. The summed E-state index contributed by atoms with van der Waals surface area (Å²) < 4.78 is 1.21. The monoisotopic (exact) mass is 337 g/mol. The Bertz CT molecular complexity index is 508. The van der Waals surface area contributed by atoms with Gasteiger partial charge < -0.3 is 5.32 Å². The minimum absolute atomic E-state index is 0.181. The van der Waals surface area contributed by atoms with Gasteiger partial charge in [0.2, 0.25) is 0 Å². The fraction of sp³-hybridized carbons (Fsp3) is 0.375. The molecule has 0 bridgehead atoms. The molecule has 3 heteroatoms. The molecule has 1 heterocycles. The third-order valence-electron chi connectivity index (χ3n) is 3.72. The maximum absolute atomic E-state index is 3.56. The second-order valence-electron chi connectivity index (χ2n) is 4.91. The predicted octanol–water partition coefficient (Wildman–Crippen LogP) is 4.62. The average Bonchev–Trinajstić information content (AvgIpc) is 2.84. The van der Waals surface area contributed by atoms with Gasteiger partial charge in [0.25, 0.3) is 0 Å². The Kier molecular flexibility index (Phi) is 5.20. The van der Waals surface area contributed by atoms with E-state index in [1.54, 1.807) is 0 Å². The van der Waals surface area contributed by atoms with Crippen molar-refractivity contribution in [3.05, 3.63) is 56.7 Å². The van der Waals surface area contributed by atoms with Crippen molar-refractivity contribution >= 4 is 27.3 Å². The minimum atomic E-state index is 0.181. The molecular formula is C16H20BrNS. The number of benzene rings is 1. The fourth-order valence-electron chi connectivity index (χ4n) is 2.63. The van der Waals surface area contributed by atoms with Gasteiger partial charge in [-0.3, -0.25) is 0 Å². The van der Waals surface area contributed by atoms with Gasteiger partial charge in [-0.1, -0.05) is 37.3 Å². The molecule has 0 aliphatic heterocycles. The van der Waals surface area contributed by atoms with Crippen LogP contribution < -0.4 is 5.32 Å². The molecule has 0 saturated heterocycles. The van der Waals surface area contributed by atoms with Crippen molar-refractivity contribution in [2.45, 2.75) is 25.2 Å². The smallest absolute Gasteiger partial charge is 0.0701 e. The molecule has 0 spiro atoms. The third kappa shape index (κ3) is 3.47. The quantitative estimate of drug-likeness (QED) is 0.810. The summed E-state index contributed by atoms with van der Waals surface area (Å²) in [4.78, 5) is 1.44. The Hall–Kier alpha value is -0.640. The van der Waals surface area contributed by atoms with Crippen molar-refractivity contribution in [2.75, 3.05) is 13.6 Å². The molecule has 102 valence electrons. The maximum Gasteiger partial charge on any atom is 0.0701 e. The molecule has 1 unspecified atom stereocenters. The first-order valence-corrected chi connectivity index (χ1v) is 8.25. The predicted molar refractivity (Wildman–Crippen MR) is 88.1 cm³/mol. The highest BCUT2D eigenvalue weighted by molar-refractivity contribution is 9.11. The molecule has 2 aromatic rings. The lowest BCUT2D eigenvalue weighted by atomic mass is 9.75. The highest BCUT2D eigenvalue weighted by Gasteiger charge is 2.30. The van der Waals surface area contributed by atoms with Gasteiger partial charge in [-0.2, -0.15) is 0 Å². The van der Waals surface area contributed by atoms with Crippen molar-refractivity contribution in [1.82, 2.24) is 5.32 Å². The van der Waals surface area contributed by atoms with E-state index in [9.17, 15) is 0 Å². The normalized spacial score (nSPS) is 14.3. The second kappa shape index (κ2) is 6.69. The molecule has 1 aromatic heterocycles. The lowest BCUT2D eigenvalue weighted by molar-refractivity contribution is 0.393. The molecule has 0 fully saturated rings. The van der Waals surface area contributed by atoms with E-state index in [1.165, 1.54) is 14.2 Å². The van der Waals surface area contributed by atoms with Gasteiger partial charge in [0.1, 0.15) is 0 Å². The number of rotatable bonds is 6. The van der Waals surface area contributed by atoms with E-state index < -0.39 is 0 Å². The maximum atomic E-state index is 3.56. The van der Waals surface area contributed by atoms with Crippen LogP contribution in [-0.2, 0) is 11.8 Å². The summed E-state index contributed by atoms with van der Waals surface area (Å²) in [5, 5.41) is 3.38. The van der Waals surface area contributed by atoms with Gasteiger partial charge in [0.15, 0.2) is 0 Å². The number of halogens is 1. The Morgan fingerprint density at radius 1 is 1.16 bits per heavy atom. The first kappa shape index (κ1) is 14.8. The number of thiophene rings is 1. The molecule has 1 nitrogen and oxygen atoms in total. The summed E-state index contributed by atoms with van der Waals surface area (Å²) in [6.45, 7) is 3.29. The second-order valence-corrected chi connectivity index (χ2v) is 7.46. The number of hydrogen-bond acceptors (Lipinski definition) is 2. The van der Waals surface area contributed by atoms with Gasteiger partial charge in [0, 0.05) is 16.8 Å². The van der Waals surface area contributed by atoms with E-state index in [1.807, 2.05) is 18.4 Å². The summed E-state index contributed by atoms with van der Waals surface area (Å²) >= 11 is 5.40. The van der Waals surface area contributed by atoms with Gasteiger partial charge in [-0.25, -0.2) is 0 Å². The summed E-state index contributed by atoms with van der Waals surface area (Å²) in [6.07, 6.45) is 2.22. The SMILES string of the molecule is CCC(CNC)(Cc1ccc(Br)s1)c1ccccc1. The molecule has 1 N–H and O–H groups in total. The van der Waals surface area contributed by atoms with Crippen LogP contribution in [0.25, 0.3) is 0 Å². The zero-order chi connectivity index (χ0) is 13.7. The van der Waals surface area contributed by atoms with Crippen LogP contribution in [-0.4, -0.2) is 13.6 Å². The first-order valence-electron chi connectivity index (χ1n) is 6.64. The molecule has 0 radical (unpaired) electrons. The average molecular weight is 338 g/mol. The lowest BCUT2D eigenvalue weighted by Crippen LogP contribution is -2.38. The van der Waals surface area contributed by atoms with Crippen LogP contribution in [0.3, 0.4) is 0 Å². The molecule has 1 atom stereocenters. The fourth-order valence-corrected chi connectivity index (χ4v) is 4.26. The summed E-state index contributed by atoms with van der Waals surface area (Å²) in [5.74, 6) is 0. The van der Waals surface area contributed by atoms with E-state index in [0.29, 0.717) is 0 Å². The van der Waals surface area contributed by atoms with Gasteiger partial charge in [0.05, 0.1) is 3.79 Å². The summed E-state index contributed by atoms with van der Waals surface area (Å²) in [5.41, 5.74) is 1.61. The Labute approximate surface area is 128 Å². The molecule has 19 heavy (non-hydrogen) atoms. The number of likely N-dealkylation sites (N-methyl/N-ethyl adjacent to an activating group) is 1. The van der Waals surface area contributed by atoms with Gasteiger partial charge in [-0.05, 0) is 53.5 Å². The third-order valence-corrected chi connectivity index (χ3v) is 5.34. The molecule has 0 amide bonds. The minimum Gasteiger partial charge on any atom is -0.319 e. The molecular weight excluding hydrogens is 318 g/mol. The van der Waals surface area contributed by atoms with E-state index in [4.69, 9.17) is 0 Å². The number of nitrogens with one attached hydrogen (secondary N) is 1. The van der Waals surface area contributed by atoms with E-state index >= 15 is 0 Å². The topological polar surface area (TPSA) is 12.0 Å². The van der Waals surface area contributed by atoms with Gasteiger partial charge >= 0.3 is 0 Å². The van der Waals surface area contributed by atoms with Crippen LogP contribution in [0, 0.1) is 0 Å². The number of hydrogen-bond donors (Lipinski definition) is 1. The molecule has 0 aliphatic carbocycles. The Morgan fingerprint density at radius 2 is 1.89 bits per heavy atom. The van der Waals surface area contributed by atoms with E-state index in [2.05, 4.69) is 70.6 Å². The van der Waals surface area contributed by atoms with Crippen LogP contribution in [0.4, 0.5) is 0 Å². The molecule has 1 aromatic carbocycles. The van der Waals surface area contributed by atoms with E-state index in [-0.39, 0.29) is 5.41 Å². The molecule has 2 rings (SSSR count). The standard InChI is InChI=1S/C16H20BrNS/c1-3-16(12-18-2,13-7-5-4-6-8-13)11-14-9-10-15(17)19-14/h4-10,18H,3,11-12H2,1-2H3. The zero-order valence-electron chi connectivity index (χ0n) is 11.4. The highest BCUT2D eigenvalue weighted by Crippen LogP contribution is 2.34. The lowest BCUT2D eigenvalue weighted by Gasteiger charge is -2.33. The van der Waals surface area contributed by atoms with Crippen molar-refractivity contribution in [3.8, 4) is 0 Å². The van der Waals surface area contributed by atoms with Crippen molar-refractivity contribution in [2.24, 2.45) is 0 Å². The van der Waals surface area contributed by atoms with E-state index in [0.717, 1.165) is 19.4 Å². The van der Waals surface area contributed by atoms with Crippen LogP contribution in [0.15, 0.2) is 46.3 Å². The first-order chi connectivity index (χ1) is 9.20. The Balaban J connectivity index is 2.34. The van der Waals surface area contributed by atoms with Crippen LogP contribution in [0.5, 0.6) is 0 Å².